The average Bonchev–Trinajstić information content (AvgIpc) is 3.01. The third-order valence-electron chi connectivity index (χ3n) is 3.71. The second-order valence-electron chi connectivity index (χ2n) is 5.42. The highest BCUT2D eigenvalue weighted by molar-refractivity contribution is 7.22. The molecule has 0 atom stereocenters. The van der Waals surface area contributed by atoms with Crippen molar-refractivity contribution in [2.45, 2.75) is 6.42 Å². The molecule has 0 unspecified atom stereocenters. The summed E-state index contributed by atoms with van der Waals surface area (Å²) in [5.41, 5.74) is 1.61. The Morgan fingerprint density at radius 1 is 1.12 bits per heavy atom. The number of fused-ring (bicyclic) bond motifs is 1. The fourth-order valence-corrected chi connectivity index (χ4v) is 3.31. The molecule has 3 rings (SSSR count). The number of thiazole rings is 1. The minimum Gasteiger partial charge on any atom is -0.493 e. The predicted octanol–water partition coefficient (Wildman–Crippen LogP) is 3.19. The van der Waals surface area contributed by atoms with E-state index in [-0.39, 0.29) is 17.9 Å². The minimum atomic E-state index is -0.999. The van der Waals surface area contributed by atoms with Crippen molar-refractivity contribution >= 4 is 38.6 Å². The number of carboxylic acid groups (broad SMARTS) is 1. The molecule has 1 aromatic heterocycles. The molecule has 3 aromatic rings. The van der Waals surface area contributed by atoms with Crippen LogP contribution in [0.2, 0.25) is 0 Å². The van der Waals surface area contributed by atoms with Crippen LogP contribution < -0.4 is 14.8 Å². The molecule has 0 aliphatic rings. The van der Waals surface area contributed by atoms with E-state index in [4.69, 9.17) is 14.6 Å². The first-order valence-corrected chi connectivity index (χ1v) is 8.46. The number of carbonyl (C=O) groups excluding carboxylic acids is 1. The van der Waals surface area contributed by atoms with Gasteiger partial charge in [0.15, 0.2) is 16.6 Å². The number of amides is 1. The first-order valence-electron chi connectivity index (χ1n) is 7.65. The van der Waals surface area contributed by atoms with Crippen LogP contribution in [-0.4, -0.2) is 36.2 Å². The molecule has 7 nitrogen and oxygen atoms in total. The maximum Gasteiger partial charge on any atom is 0.335 e. The van der Waals surface area contributed by atoms with E-state index < -0.39 is 5.97 Å². The second-order valence-corrected chi connectivity index (χ2v) is 6.45. The number of aromatic carboxylic acids is 1. The maximum absolute atomic E-state index is 12.2. The van der Waals surface area contributed by atoms with Crippen LogP contribution in [0.5, 0.6) is 11.5 Å². The molecule has 0 spiro atoms. The molecule has 0 fully saturated rings. The van der Waals surface area contributed by atoms with Gasteiger partial charge in [-0.25, -0.2) is 9.78 Å². The fraction of sp³-hybridized carbons (Fsp3) is 0.167. The Morgan fingerprint density at radius 2 is 1.77 bits per heavy atom. The number of benzene rings is 2. The van der Waals surface area contributed by atoms with Gasteiger partial charge in [-0.05, 0) is 17.7 Å². The SMILES string of the molecule is COc1cc2nc(NC(=O)Cc3ccc(C(=O)O)cc3)sc2cc1OC. The number of rotatable bonds is 6. The van der Waals surface area contributed by atoms with Crippen LogP contribution in [-0.2, 0) is 11.2 Å². The number of hydrogen-bond donors (Lipinski definition) is 2. The molecule has 26 heavy (non-hydrogen) atoms. The van der Waals surface area contributed by atoms with Gasteiger partial charge in [0, 0.05) is 12.1 Å². The largest absolute Gasteiger partial charge is 0.493 e. The molecule has 0 bridgehead atoms. The summed E-state index contributed by atoms with van der Waals surface area (Å²) >= 11 is 1.33. The zero-order valence-corrected chi connectivity index (χ0v) is 14.9. The normalized spacial score (nSPS) is 10.5. The van der Waals surface area contributed by atoms with Gasteiger partial charge in [0.2, 0.25) is 5.91 Å². The first kappa shape index (κ1) is 17.7. The number of methoxy groups -OCH3 is 2. The number of carboxylic acids is 1. The standard InChI is InChI=1S/C18H16N2O5S/c1-24-13-8-12-15(9-14(13)25-2)26-18(19-12)20-16(21)7-10-3-5-11(6-4-10)17(22)23/h3-6,8-9H,7H2,1-2H3,(H,22,23)(H,19,20,21). The van der Waals surface area contributed by atoms with Crippen molar-refractivity contribution in [1.29, 1.82) is 0 Å². The number of nitrogens with one attached hydrogen (secondary N) is 1. The third-order valence-corrected chi connectivity index (χ3v) is 4.64. The number of anilines is 1. The lowest BCUT2D eigenvalue weighted by atomic mass is 10.1. The zero-order chi connectivity index (χ0) is 18.7. The highest BCUT2D eigenvalue weighted by Crippen LogP contribution is 2.36. The monoisotopic (exact) mass is 372 g/mol. The van der Waals surface area contributed by atoms with Crippen LogP contribution in [0.4, 0.5) is 5.13 Å². The Hall–Kier alpha value is -3.13. The molecule has 0 aliphatic carbocycles. The van der Waals surface area contributed by atoms with Crippen molar-refractivity contribution in [2.24, 2.45) is 0 Å². The average molecular weight is 372 g/mol. The topological polar surface area (TPSA) is 97.8 Å². The molecule has 2 N–H and O–H groups in total. The Labute approximate surface area is 153 Å². The van der Waals surface area contributed by atoms with E-state index >= 15 is 0 Å². The summed E-state index contributed by atoms with van der Waals surface area (Å²) in [6.45, 7) is 0. The van der Waals surface area contributed by atoms with Crippen molar-refractivity contribution in [3.8, 4) is 11.5 Å². The maximum atomic E-state index is 12.2. The van der Waals surface area contributed by atoms with Crippen molar-refractivity contribution in [2.75, 3.05) is 19.5 Å². The Balaban J connectivity index is 1.73. The van der Waals surface area contributed by atoms with Crippen molar-refractivity contribution in [3.05, 3.63) is 47.5 Å². The lowest BCUT2D eigenvalue weighted by Gasteiger charge is -2.05. The predicted molar refractivity (Wildman–Crippen MR) is 98.5 cm³/mol. The van der Waals surface area contributed by atoms with Gasteiger partial charge in [0.05, 0.1) is 36.4 Å². The fourth-order valence-electron chi connectivity index (χ4n) is 2.42. The number of ether oxygens (including phenoxy) is 2. The Morgan fingerprint density at radius 3 is 2.38 bits per heavy atom. The van der Waals surface area contributed by atoms with Crippen LogP contribution in [0.15, 0.2) is 36.4 Å². The third kappa shape index (κ3) is 3.75. The molecular weight excluding hydrogens is 356 g/mol. The highest BCUT2D eigenvalue weighted by Gasteiger charge is 2.13. The van der Waals surface area contributed by atoms with Gasteiger partial charge in [-0.1, -0.05) is 23.5 Å². The summed E-state index contributed by atoms with van der Waals surface area (Å²) in [4.78, 5) is 27.5. The van der Waals surface area contributed by atoms with E-state index in [0.717, 1.165) is 10.3 Å². The molecule has 1 amide bonds. The van der Waals surface area contributed by atoms with Crippen LogP contribution in [0.25, 0.3) is 10.2 Å². The smallest absolute Gasteiger partial charge is 0.335 e. The molecule has 134 valence electrons. The van der Waals surface area contributed by atoms with E-state index in [2.05, 4.69) is 10.3 Å². The number of carbonyl (C=O) groups is 2. The summed E-state index contributed by atoms with van der Waals surface area (Å²) in [6.07, 6.45) is 0.127. The van der Waals surface area contributed by atoms with E-state index in [1.54, 1.807) is 32.4 Å². The van der Waals surface area contributed by atoms with Crippen LogP contribution >= 0.6 is 11.3 Å². The summed E-state index contributed by atoms with van der Waals surface area (Å²) in [5, 5.41) is 12.1. The molecule has 0 aliphatic heterocycles. The lowest BCUT2D eigenvalue weighted by molar-refractivity contribution is -0.115. The van der Waals surface area contributed by atoms with Gasteiger partial charge in [0.1, 0.15) is 0 Å². The van der Waals surface area contributed by atoms with Gasteiger partial charge in [-0.2, -0.15) is 0 Å². The molecule has 2 aromatic carbocycles. The zero-order valence-electron chi connectivity index (χ0n) is 14.1. The van der Waals surface area contributed by atoms with Crippen molar-refractivity contribution < 1.29 is 24.2 Å². The summed E-state index contributed by atoms with van der Waals surface area (Å²) < 4.78 is 11.4. The summed E-state index contributed by atoms with van der Waals surface area (Å²) in [7, 11) is 3.11. The summed E-state index contributed by atoms with van der Waals surface area (Å²) in [6, 6.07) is 9.76. The Kier molecular flexibility index (Phi) is 5.04. The van der Waals surface area contributed by atoms with E-state index in [9.17, 15) is 9.59 Å². The number of aromatic nitrogens is 1. The van der Waals surface area contributed by atoms with E-state index in [1.807, 2.05) is 6.07 Å². The van der Waals surface area contributed by atoms with Gasteiger partial charge < -0.3 is 19.9 Å². The minimum absolute atomic E-state index is 0.127. The molecule has 0 saturated heterocycles. The van der Waals surface area contributed by atoms with Crippen LogP contribution in [0.3, 0.4) is 0 Å². The Bertz CT molecular complexity index is 925. The van der Waals surface area contributed by atoms with Crippen LogP contribution in [0, 0.1) is 0 Å². The van der Waals surface area contributed by atoms with Crippen LogP contribution in [0.1, 0.15) is 15.9 Å². The van der Waals surface area contributed by atoms with Gasteiger partial charge >= 0.3 is 5.97 Å². The highest BCUT2D eigenvalue weighted by atomic mass is 32.1. The second kappa shape index (κ2) is 7.40. The van der Waals surface area contributed by atoms with Crippen molar-refractivity contribution in [1.82, 2.24) is 4.98 Å². The molecular formula is C18H16N2O5S. The number of nitrogens with zero attached hydrogens (tertiary/aromatic N) is 1. The van der Waals surface area contributed by atoms with Gasteiger partial charge in [0.25, 0.3) is 0 Å². The summed E-state index contributed by atoms with van der Waals surface area (Å²) in [5.74, 6) is -0.0610. The van der Waals surface area contributed by atoms with E-state index in [0.29, 0.717) is 22.1 Å². The molecule has 0 saturated carbocycles. The first-order chi connectivity index (χ1) is 12.5. The van der Waals surface area contributed by atoms with Gasteiger partial charge in [-0.15, -0.1) is 0 Å². The molecule has 8 heteroatoms. The number of hydrogen-bond acceptors (Lipinski definition) is 6. The van der Waals surface area contributed by atoms with Crippen molar-refractivity contribution in [3.63, 3.8) is 0 Å². The molecule has 1 heterocycles. The van der Waals surface area contributed by atoms with E-state index in [1.165, 1.54) is 23.5 Å². The lowest BCUT2D eigenvalue weighted by Crippen LogP contribution is -2.14. The quantitative estimate of drug-likeness (QED) is 0.690. The van der Waals surface area contributed by atoms with Gasteiger partial charge in [-0.3, -0.25) is 4.79 Å². The molecule has 0 radical (unpaired) electrons.